The molecule has 0 spiro atoms. The van der Waals surface area contributed by atoms with Crippen LogP contribution in [-0.2, 0) is 12.0 Å². The third kappa shape index (κ3) is 2.09. The van der Waals surface area contributed by atoms with Crippen molar-refractivity contribution in [3.8, 4) is 0 Å². The monoisotopic (exact) mass is 270 g/mol. The van der Waals surface area contributed by atoms with E-state index in [0.29, 0.717) is 0 Å². The molecule has 1 fully saturated rings. The van der Waals surface area contributed by atoms with Crippen LogP contribution in [0.5, 0.6) is 0 Å². The van der Waals surface area contributed by atoms with Gasteiger partial charge in [0, 0.05) is 5.56 Å². The Bertz CT molecular complexity index is 602. The number of nitrogens with zero attached hydrogens (tertiary/aromatic N) is 2. The van der Waals surface area contributed by atoms with Crippen molar-refractivity contribution >= 4 is 5.91 Å². The Morgan fingerprint density at radius 2 is 2.20 bits per heavy atom. The minimum Gasteiger partial charge on any atom is -0.339 e. The summed E-state index contributed by atoms with van der Waals surface area (Å²) in [6, 6.07) is 7.73. The Morgan fingerprint density at radius 1 is 1.40 bits per heavy atom. The fourth-order valence-corrected chi connectivity index (χ4v) is 2.72. The SMILES string of the molecule is CCc1ccccc1C(=O)NC1(c2ncn[nH]2)CCC1. The zero-order valence-electron chi connectivity index (χ0n) is 11.5. The molecule has 1 aromatic heterocycles. The van der Waals surface area contributed by atoms with Crippen LogP contribution in [0, 0.1) is 0 Å². The van der Waals surface area contributed by atoms with E-state index in [2.05, 4.69) is 27.4 Å². The Hall–Kier alpha value is -2.17. The lowest BCUT2D eigenvalue weighted by Gasteiger charge is -2.40. The third-order valence-corrected chi connectivity index (χ3v) is 4.07. The molecule has 3 rings (SSSR count). The van der Waals surface area contributed by atoms with Crippen LogP contribution in [0.3, 0.4) is 0 Å². The second-order valence-electron chi connectivity index (χ2n) is 5.23. The predicted molar refractivity (Wildman–Crippen MR) is 75.2 cm³/mol. The van der Waals surface area contributed by atoms with Crippen molar-refractivity contribution in [2.45, 2.75) is 38.1 Å². The molecule has 5 heteroatoms. The van der Waals surface area contributed by atoms with Crippen LogP contribution in [0.1, 0.15) is 47.9 Å². The van der Waals surface area contributed by atoms with Crippen molar-refractivity contribution in [1.82, 2.24) is 20.5 Å². The van der Waals surface area contributed by atoms with Crippen molar-refractivity contribution in [1.29, 1.82) is 0 Å². The van der Waals surface area contributed by atoms with Crippen LogP contribution in [0.4, 0.5) is 0 Å². The van der Waals surface area contributed by atoms with E-state index in [1.54, 1.807) is 0 Å². The van der Waals surface area contributed by atoms with Gasteiger partial charge in [0.05, 0.1) is 5.54 Å². The van der Waals surface area contributed by atoms with Gasteiger partial charge in [-0.25, -0.2) is 4.98 Å². The highest BCUT2D eigenvalue weighted by Gasteiger charge is 2.42. The Morgan fingerprint density at radius 3 is 2.80 bits per heavy atom. The number of H-pyrrole nitrogens is 1. The number of nitrogens with one attached hydrogen (secondary N) is 2. The minimum absolute atomic E-state index is 0.0291. The summed E-state index contributed by atoms with van der Waals surface area (Å²) in [6.45, 7) is 2.06. The first-order valence-corrected chi connectivity index (χ1v) is 7.01. The van der Waals surface area contributed by atoms with Crippen LogP contribution in [0.25, 0.3) is 0 Å². The summed E-state index contributed by atoms with van der Waals surface area (Å²) < 4.78 is 0. The van der Waals surface area contributed by atoms with Crippen molar-refractivity contribution in [3.63, 3.8) is 0 Å². The maximum Gasteiger partial charge on any atom is 0.252 e. The predicted octanol–water partition coefficient (Wildman–Crippen LogP) is 2.18. The van der Waals surface area contributed by atoms with Gasteiger partial charge < -0.3 is 5.32 Å². The van der Waals surface area contributed by atoms with E-state index < -0.39 is 0 Å². The van der Waals surface area contributed by atoms with E-state index in [1.165, 1.54) is 6.33 Å². The number of benzene rings is 1. The molecule has 1 aliphatic carbocycles. The maximum absolute atomic E-state index is 12.6. The fourth-order valence-electron chi connectivity index (χ4n) is 2.72. The second kappa shape index (κ2) is 5.07. The molecule has 1 aliphatic rings. The molecule has 1 saturated carbocycles. The highest BCUT2D eigenvalue weighted by Crippen LogP contribution is 2.39. The summed E-state index contributed by atoms with van der Waals surface area (Å²) in [4.78, 5) is 16.8. The van der Waals surface area contributed by atoms with E-state index >= 15 is 0 Å². The summed E-state index contributed by atoms with van der Waals surface area (Å²) in [5.74, 6) is 0.727. The molecular formula is C15H18N4O. The van der Waals surface area contributed by atoms with Gasteiger partial charge in [-0.05, 0) is 37.3 Å². The molecular weight excluding hydrogens is 252 g/mol. The molecule has 0 bridgehead atoms. The van der Waals surface area contributed by atoms with E-state index in [0.717, 1.165) is 42.6 Å². The molecule has 1 amide bonds. The average Bonchev–Trinajstić information content (AvgIpc) is 2.97. The van der Waals surface area contributed by atoms with Crippen molar-refractivity contribution < 1.29 is 4.79 Å². The van der Waals surface area contributed by atoms with Gasteiger partial charge >= 0.3 is 0 Å². The lowest BCUT2D eigenvalue weighted by atomic mass is 9.76. The van der Waals surface area contributed by atoms with Gasteiger partial charge in [0.2, 0.25) is 0 Å². The first kappa shape index (κ1) is 12.8. The summed E-state index contributed by atoms with van der Waals surface area (Å²) in [5.41, 5.74) is 1.45. The van der Waals surface area contributed by atoms with Gasteiger partial charge in [-0.15, -0.1) is 0 Å². The number of hydrogen-bond acceptors (Lipinski definition) is 3. The molecule has 2 N–H and O–H groups in total. The molecule has 0 radical (unpaired) electrons. The number of hydrogen-bond donors (Lipinski definition) is 2. The molecule has 1 aromatic carbocycles. The molecule has 104 valence electrons. The van der Waals surface area contributed by atoms with Crippen molar-refractivity contribution in [2.75, 3.05) is 0 Å². The van der Waals surface area contributed by atoms with Crippen LogP contribution < -0.4 is 5.32 Å². The third-order valence-electron chi connectivity index (χ3n) is 4.07. The first-order chi connectivity index (χ1) is 9.75. The average molecular weight is 270 g/mol. The van der Waals surface area contributed by atoms with E-state index in [1.807, 2.05) is 24.3 Å². The van der Waals surface area contributed by atoms with Crippen LogP contribution >= 0.6 is 0 Å². The summed E-state index contributed by atoms with van der Waals surface area (Å²) in [5, 5.41) is 9.94. The standard InChI is InChI=1S/C15H18N4O/c1-2-11-6-3-4-7-12(11)13(20)18-15(8-5-9-15)14-16-10-17-19-14/h3-4,6-7,10H,2,5,8-9H2,1H3,(H,18,20)(H,16,17,19). The van der Waals surface area contributed by atoms with E-state index in [9.17, 15) is 4.79 Å². The van der Waals surface area contributed by atoms with Gasteiger partial charge in [-0.3, -0.25) is 9.89 Å². The van der Waals surface area contributed by atoms with Gasteiger partial charge in [-0.1, -0.05) is 25.1 Å². The minimum atomic E-state index is -0.367. The lowest BCUT2D eigenvalue weighted by Crippen LogP contribution is -2.51. The number of aromatic nitrogens is 3. The second-order valence-corrected chi connectivity index (χ2v) is 5.23. The first-order valence-electron chi connectivity index (χ1n) is 7.01. The number of aryl methyl sites for hydroxylation is 1. The highest BCUT2D eigenvalue weighted by molar-refractivity contribution is 5.96. The summed E-state index contributed by atoms with van der Waals surface area (Å²) in [7, 11) is 0. The zero-order valence-corrected chi connectivity index (χ0v) is 11.5. The topological polar surface area (TPSA) is 70.7 Å². The molecule has 20 heavy (non-hydrogen) atoms. The van der Waals surface area contributed by atoms with Gasteiger partial charge in [0.25, 0.3) is 5.91 Å². The van der Waals surface area contributed by atoms with Crippen molar-refractivity contribution in [2.24, 2.45) is 0 Å². The Kier molecular flexibility index (Phi) is 3.26. The normalized spacial score (nSPS) is 16.4. The molecule has 0 unspecified atom stereocenters. The molecule has 2 aromatic rings. The highest BCUT2D eigenvalue weighted by atomic mass is 16.1. The van der Waals surface area contributed by atoms with Crippen LogP contribution in [0.15, 0.2) is 30.6 Å². The van der Waals surface area contributed by atoms with E-state index in [-0.39, 0.29) is 11.4 Å². The molecule has 1 heterocycles. The molecule has 0 saturated heterocycles. The largest absolute Gasteiger partial charge is 0.339 e. The number of carbonyl (C=O) groups excluding carboxylic acids is 1. The van der Waals surface area contributed by atoms with Gasteiger partial charge in [-0.2, -0.15) is 5.10 Å². The maximum atomic E-state index is 12.6. The number of aromatic amines is 1. The molecule has 0 aliphatic heterocycles. The fraction of sp³-hybridized carbons (Fsp3) is 0.400. The molecule has 0 atom stereocenters. The number of carbonyl (C=O) groups is 1. The summed E-state index contributed by atoms with van der Waals surface area (Å²) in [6.07, 6.45) is 5.24. The quantitative estimate of drug-likeness (QED) is 0.894. The van der Waals surface area contributed by atoms with Crippen molar-refractivity contribution in [3.05, 3.63) is 47.5 Å². The smallest absolute Gasteiger partial charge is 0.252 e. The van der Waals surface area contributed by atoms with Crippen LogP contribution in [-0.4, -0.2) is 21.1 Å². The lowest BCUT2D eigenvalue weighted by molar-refractivity contribution is 0.0809. The summed E-state index contributed by atoms with van der Waals surface area (Å²) >= 11 is 0. The number of amides is 1. The van der Waals surface area contributed by atoms with E-state index in [4.69, 9.17) is 0 Å². The molecule has 5 nitrogen and oxygen atoms in total. The number of rotatable bonds is 4. The zero-order chi connectivity index (χ0) is 14.0. The van der Waals surface area contributed by atoms with Crippen LogP contribution in [0.2, 0.25) is 0 Å². The van der Waals surface area contributed by atoms with Gasteiger partial charge in [0.1, 0.15) is 12.2 Å². The Balaban J connectivity index is 1.85. The Labute approximate surface area is 117 Å². The van der Waals surface area contributed by atoms with Gasteiger partial charge in [0.15, 0.2) is 0 Å².